The Bertz CT molecular complexity index is 1070. The second-order valence-electron chi connectivity index (χ2n) is 7.09. The van der Waals surface area contributed by atoms with Crippen LogP contribution in [0.1, 0.15) is 32.3 Å². The molecular weight excluding hydrogens is 420 g/mol. The Morgan fingerprint density at radius 1 is 1.20 bits per heavy atom. The van der Waals surface area contributed by atoms with Crippen molar-refractivity contribution in [3.05, 3.63) is 59.1 Å². The number of thioether (sulfide) groups is 1. The molecule has 2 heterocycles. The molecule has 2 aliphatic heterocycles. The van der Waals surface area contributed by atoms with Gasteiger partial charge in [-0.1, -0.05) is 61.0 Å². The number of fused-ring (bicyclic) bond motifs is 3. The number of anilines is 1. The highest BCUT2D eigenvalue weighted by Crippen LogP contribution is 2.36. The van der Waals surface area contributed by atoms with Gasteiger partial charge in [0.05, 0.1) is 21.6 Å². The number of nitrogens with one attached hydrogen (secondary N) is 1. The minimum absolute atomic E-state index is 0.162. The van der Waals surface area contributed by atoms with Crippen LogP contribution >= 0.6 is 23.4 Å². The number of para-hydroxylation sites is 2. The topological polar surface area (TPSA) is 74.1 Å². The summed E-state index contributed by atoms with van der Waals surface area (Å²) in [7, 11) is 0. The SMILES string of the molecule is CCCC1C(=O)N=C2c3ccccc3N=C(SC(C)C(=O)Nc3ccccc3Cl)N21. The third-order valence-corrected chi connectivity index (χ3v) is 6.35. The Morgan fingerprint density at radius 2 is 1.93 bits per heavy atom. The molecule has 0 fully saturated rings. The molecule has 2 aliphatic rings. The molecule has 2 aromatic carbocycles. The Kier molecular flexibility index (Phi) is 5.92. The minimum atomic E-state index is -0.454. The molecule has 8 heteroatoms. The van der Waals surface area contributed by atoms with E-state index in [1.54, 1.807) is 12.1 Å². The van der Waals surface area contributed by atoms with E-state index in [1.165, 1.54) is 11.8 Å². The highest BCUT2D eigenvalue weighted by atomic mass is 35.5. The highest BCUT2D eigenvalue weighted by molar-refractivity contribution is 8.14. The van der Waals surface area contributed by atoms with Gasteiger partial charge in [-0.2, -0.15) is 4.99 Å². The first-order valence-corrected chi connectivity index (χ1v) is 11.1. The number of amidine groups is 2. The van der Waals surface area contributed by atoms with E-state index in [2.05, 4.69) is 10.3 Å². The zero-order valence-corrected chi connectivity index (χ0v) is 18.2. The van der Waals surface area contributed by atoms with Crippen molar-refractivity contribution < 1.29 is 9.59 Å². The lowest BCUT2D eigenvalue weighted by atomic mass is 10.1. The van der Waals surface area contributed by atoms with E-state index in [4.69, 9.17) is 16.6 Å². The number of carbonyl (C=O) groups excluding carboxylic acids is 2. The van der Waals surface area contributed by atoms with Gasteiger partial charge in [0.2, 0.25) is 5.91 Å². The number of nitrogens with zero attached hydrogens (tertiary/aromatic N) is 3. The van der Waals surface area contributed by atoms with E-state index in [0.717, 1.165) is 17.7 Å². The summed E-state index contributed by atoms with van der Waals surface area (Å²) >= 11 is 7.47. The molecule has 6 nitrogen and oxygen atoms in total. The summed E-state index contributed by atoms with van der Waals surface area (Å²) in [5.74, 6) is 0.265. The van der Waals surface area contributed by atoms with Crippen LogP contribution in [0.2, 0.25) is 5.02 Å². The van der Waals surface area contributed by atoms with Crippen molar-refractivity contribution in [1.29, 1.82) is 0 Å². The molecule has 0 aliphatic carbocycles. The monoisotopic (exact) mass is 440 g/mol. The lowest BCUT2D eigenvalue weighted by Crippen LogP contribution is -2.44. The van der Waals surface area contributed by atoms with E-state index < -0.39 is 5.25 Å². The van der Waals surface area contributed by atoms with E-state index in [1.807, 2.05) is 55.1 Å². The Balaban J connectivity index is 1.61. The quantitative estimate of drug-likeness (QED) is 0.720. The lowest BCUT2D eigenvalue weighted by molar-refractivity contribution is -0.119. The van der Waals surface area contributed by atoms with Crippen molar-refractivity contribution in [3.63, 3.8) is 0 Å². The average molecular weight is 441 g/mol. The molecule has 2 atom stereocenters. The maximum Gasteiger partial charge on any atom is 0.270 e. The predicted octanol–water partition coefficient (Wildman–Crippen LogP) is 4.86. The smallest absolute Gasteiger partial charge is 0.270 e. The first kappa shape index (κ1) is 20.6. The van der Waals surface area contributed by atoms with Crippen molar-refractivity contribution >= 4 is 57.6 Å². The van der Waals surface area contributed by atoms with Gasteiger partial charge in [-0.05, 0) is 37.6 Å². The average Bonchev–Trinajstić information content (AvgIpc) is 3.07. The summed E-state index contributed by atoms with van der Waals surface area (Å²) in [4.78, 5) is 36.4. The molecule has 0 aromatic heterocycles. The van der Waals surface area contributed by atoms with E-state index in [-0.39, 0.29) is 17.9 Å². The molecule has 1 N–H and O–H groups in total. The fourth-order valence-corrected chi connectivity index (χ4v) is 4.58. The molecule has 2 unspecified atom stereocenters. The summed E-state index contributed by atoms with van der Waals surface area (Å²) in [6.07, 6.45) is 1.52. The summed E-state index contributed by atoms with van der Waals surface area (Å²) in [6.45, 7) is 3.84. The third kappa shape index (κ3) is 3.87. The largest absolute Gasteiger partial charge is 0.324 e. The van der Waals surface area contributed by atoms with Gasteiger partial charge in [0, 0.05) is 5.56 Å². The maximum absolute atomic E-state index is 12.8. The van der Waals surface area contributed by atoms with Gasteiger partial charge < -0.3 is 5.32 Å². The van der Waals surface area contributed by atoms with Gasteiger partial charge in [0.25, 0.3) is 5.91 Å². The van der Waals surface area contributed by atoms with Crippen LogP contribution in [0.3, 0.4) is 0 Å². The Morgan fingerprint density at radius 3 is 2.70 bits per heavy atom. The molecule has 0 spiro atoms. The zero-order valence-electron chi connectivity index (χ0n) is 16.6. The summed E-state index contributed by atoms with van der Waals surface area (Å²) < 4.78 is 0. The van der Waals surface area contributed by atoms with Gasteiger partial charge in [-0.25, -0.2) is 4.99 Å². The summed E-state index contributed by atoms with van der Waals surface area (Å²) in [5, 5.41) is 3.50. The zero-order chi connectivity index (χ0) is 21.3. The third-order valence-electron chi connectivity index (χ3n) is 4.95. The molecule has 4 rings (SSSR count). The first-order valence-electron chi connectivity index (χ1n) is 9.81. The molecule has 0 radical (unpaired) electrons. The molecule has 30 heavy (non-hydrogen) atoms. The maximum atomic E-state index is 12.8. The van der Waals surface area contributed by atoms with Crippen LogP contribution in [-0.2, 0) is 9.59 Å². The van der Waals surface area contributed by atoms with Crippen molar-refractivity contribution in [1.82, 2.24) is 4.90 Å². The number of benzene rings is 2. The minimum Gasteiger partial charge on any atom is -0.324 e. The van der Waals surface area contributed by atoms with E-state index in [9.17, 15) is 9.59 Å². The van der Waals surface area contributed by atoms with Crippen LogP contribution in [0.15, 0.2) is 58.5 Å². The second-order valence-corrected chi connectivity index (χ2v) is 8.80. The molecule has 0 saturated carbocycles. The normalized spacial score (nSPS) is 18.3. The summed E-state index contributed by atoms with van der Waals surface area (Å²) in [5.41, 5.74) is 2.15. The van der Waals surface area contributed by atoms with Gasteiger partial charge >= 0.3 is 0 Å². The van der Waals surface area contributed by atoms with E-state index in [0.29, 0.717) is 28.1 Å². The number of rotatable bonds is 5. The number of hydrogen-bond acceptors (Lipinski definition) is 5. The summed E-state index contributed by atoms with van der Waals surface area (Å²) in [6, 6.07) is 14.3. The number of hydrogen-bond donors (Lipinski definition) is 1. The first-order chi connectivity index (χ1) is 14.5. The molecule has 0 bridgehead atoms. The lowest BCUT2D eigenvalue weighted by Gasteiger charge is -2.31. The van der Waals surface area contributed by atoms with Gasteiger partial charge in [-0.15, -0.1) is 0 Å². The van der Waals surface area contributed by atoms with Crippen LogP contribution in [-0.4, -0.2) is 39.0 Å². The Hall–Kier alpha value is -2.64. The van der Waals surface area contributed by atoms with Crippen LogP contribution in [0.25, 0.3) is 0 Å². The predicted molar refractivity (Wildman–Crippen MR) is 123 cm³/mol. The van der Waals surface area contributed by atoms with Crippen molar-refractivity contribution in [2.45, 2.75) is 38.0 Å². The molecule has 2 amide bonds. The fraction of sp³-hybridized carbons (Fsp3) is 0.273. The van der Waals surface area contributed by atoms with Crippen molar-refractivity contribution in [3.8, 4) is 0 Å². The molecule has 154 valence electrons. The van der Waals surface area contributed by atoms with Gasteiger partial charge in [-0.3, -0.25) is 14.5 Å². The molecule has 2 aromatic rings. The van der Waals surface area contributed by atoms with Crippen molar-refractivity contribution in [2.24, 2.45) is 9.98 Å². The number of carbonyl (C=O) groups is 2. The van der Waals surface area contributed by atoms with Crippen LogP contribution in [0.5, 0.6) is 0 Å². The molecule has 0 saturated heterocycles. The van der Waals surface area contributed by atoms with E-state index >= 15 is 0 Å². The van der Waals surface area contributed by atoms with Crippen LogP contribution < -0.4 is 5.32 Å². The molecular formula is C22H21ClN4O2S. The number of amides is 2. The van der Waals surface area contributed by atoms with Gasteiger partial charge in [0.1, 0.15) is 11.9 Å². The van der Waals surface area contributed by atoms with Crippen LogP contribution in [0, 0.1) is 0 Å². The Labute approximate surface area is 184 Å². The standard InChI is InChI=1S/C22H21ClN4O2S/c1-3-8-18-21(29)26-19-14-9-4-6-11-16(14)25-22(27(18)19)30-13(2)20(28)24-17-12-7-5-10-15(17)23/h4-7,9-13,18H,3,8H2,1-2H3,(H,24,28). The number of aliphatic imine (C=N–C) groups is 2. The highest BCUT2D eigenvalue weighted by Gasteiger charge is 2.41. The van der Waals surface area contributed by atoms with Crippen molar-refractivity contribution in [2.75, 3.05) is 5.32 Å². The fourth-order valence-electron chi connectivity index (χ4n) is 3.44. The number of halogens is 1. The van der Waals surface area contributed by atoms with Crippen LogP contribution in [0.4, 0.5) is 11.4 Å². The van der Waals surface area contributed by atoms with Gasteiger partial charge in [0.15, 0.2) is 5.17 Å². The second kappa shape index (κ2) is 8.62.